The van der Waals surface area contributed by atoms with Crippen LogP contribution in [-0.2, 0) is 13.1 Å². The topological polar surface area (TPSA) is 80.3 Å². The van der Waals surface area contributed by atoms with Crippen molar-refractivity contribution in [3.05, 3.63) is 64.3 Å². The Kier molecular flexibility index (Phi) is 7.61. The van der Waals surface area contributed by atoms with Crippen LogP contribution in [-0.4, -0.2) is 27.9 Å². The standard InChI is InChI=1S/C20H26N6O.HI/c1-13-18(15(3)26(24-13)17-9-7-6-8-10-17)11-22-20(21-5)23-12-19-14(2)25-27-16(19)4;/h6-10H,11-12H2,1-5H3,(H2,21,22,23);1H. The van der Waals surface area contributed by atoms with Crippen molar-refractivity contribution in [1.82, 2.24) is 25.6 Å². The van der Waals surface area contributed by atoms with Crippen LogP contribution >= 0.6 is 24.0 Å². The van der Waals surface area contributed by atoms with Crippen molar-refractivity contribution in [1.29, 1.82) is 0 Å². The molecule has 0 bridgehead atoms. The second-order valence-electron chi connectivity index (χ2n) is 6.48. The number of benzene rings is 1. The predicted molar refractivity (Wildman–Crippen MR) is 121 cm³/mol. The van der Waals surface area contributed by atoms with E-state index in [1.54, 1.807) is 7.05 Å². The Balaban J connectivity index is 0.00000280. The molecule has 3 aromatic rings. The summed E-state index contributed by atoms with van der Waals surface area (Å²) in [5.41, 5.74) is 6.30. The van der Waals surface area contributed by atoms with Gasteiger partial charge in [0.05, 0.1) is 17.1 Å². The molecule has 0 saturated heterocycles. The zero-order valence-electron chi connectivity index (χ0n) is 16.9. The van der Waals surface area contributed by atoms with Gasteiger partial charge in [0.1, 0.15) is 5.76 Å². The third kappa shape index (κ3) is 4.73. The summed E-state index contributed by atoms with van der Waals surface area (Å²) in [4.78, 5) is 4.30. The van der Waals surface area contributed by atoms with Gasteiger partial charge in [0.2, 0.25) is 0 Å². The first kappa shape index (κ1) is 21.9. The largest absolute Gasteiger partial charge is 0.361 e. The molecule has 0 unspecified atom stereocenters. The lowest BCUT2D eigenvalue weighted by Gasteiger charge is -2.12. The fourth-order valence-electron chi connectivity index (χ4n) is 3.07. The molecule has 0 saturated carbocycles. The summed E-state index contributed by atoms with van der Waals surface area (Å²) in [7, 11) is 1.76. The summed E-state index contributed by atoms with van der Waals surface area (Å²) >= 11 is 0. The maximum absolute atomic E-state index is 5.21. The molecule has 0 aliphatic heterocycles. The normalized spacial score (nSPS) is 11.2. The quantitative estimate of drug-likeness (QED) is 0.322. The average molecular weight is 494 g/mol. The van der Waals surface area contributed by atoms with E-state index >= 15 is 0 Å². The molecule has 3 rings (SSSR count). The monoisotopic (exact) mass is 494 g/mol. The highest BCUT2D eigenvalue weighted by Crippen LogP contribution is 2.17. The van der Waals surface area contributed by atoms with Crippen molar-refractivity contribution in [2.45, 2.75) is 40.8 Å². The Morgan fingerprint density at radius 1 is 1.00 bits per heavy atom. The van der Waals surface area contributed by atoms with Crippen molar-refractivity contribution in [2.75, 3.05) is 7.05 Å². The molecule has 2 heterocycles. The highest BCUT2D eigenvalue weighted by atomic mass is 127. The summed E-state index contributed by atoms with van der Waals surface area (Å²) in [6.07, 6.45) is 0. The second-order valence-corrected chi connectivity index (χ2v) is 6.48. The number of aliphatic imine (C=N–C) groups is 1. The second kappa shape index (κ2) is 9.72. The molecule has 0 spiro atoms. The summed E-state index contributed by atoms with van der Waals surface area (Å²) < 4.78 is 7.18. The maximum atomic E-state index is 5.21. The number of nitrogens with one attached hydrogen (secondary N) is 2. The first-order valence-corrected chi connectivity index (χ1v) is 8.98. The molecule has 0 aliphatic carbocycles. The van der Waals surface area contributed by atoms with Crippen molar-refractivity contribution in [3.63, 3.8) is 0 Å². The van der Waals surface area contributed by atoms with Crippen LogP contribution in [0.15, 0.2) is 39.8 Å². The maximum Gasteiger partial charge on any atom is 0.191 e. The van der Waals surface area contributed by atoms with Gasteiger partial charge in [-0.15, -0.1) is 24.0 Å². The molecule has 7 nitrogen and oxygen atoms in total. The van der Waals surface area contributed by atoms with Gasteiger partial charge in [0, 0.05) is 37.0 Å². The van der Waals surface area contributed by atoms with Crippen LogP contribution in [0.5, 0.6) is 0 Å². The van der Waals surface area contributed by atoms with E-state index in [4.69, 9.17) is 4.52 Å². The molecular weight excluding hydrogens is 467 g/mol. The number of guanidine groups is 1. The number of rotatable bonds is 5. The van der Waals surface area contributed by atoms with Crippen LogP contribution in [0.25, 0.3) is 5.69 Å². The van der Waals surface area contributed by atoms with Gasteiger partial charge in [-0.3, -0.25) is 4.99 Å². The van der Waals surface area contributed by atoms with Crippen LogP contribution in [0.4, 0.5) is 0 Å². The van der Waals surface area contributed by atoms with Crippen LogP contribution < -0.4 is 10.6 Å². The lowest BCUT2D eigenvalue weighted by atomic mass is 10.2. The number of para-hydroxylation sites is 1. The Hall–Kier alpha value is -2.36. The van der Waals surface area contributed by atoms with Gasteiger partial charge in [-0.2, -0.15) is 5.10 Å². The van der Waals surface area contributed by atoms with Gasteiger partial charge in [-0.25, -0.2) is 4.68 Å². The Morgan fingerprint density at radius 3 is 2.21 bits per heavy atom. The lowest BCUT2D eigenvalue weighted by molar-refractivity contribution is 0.392. The van der Waals surface area contributed by atoms with Crippen molar-refractivity contribution < 1.29 is 4.52 Å². The average Bonchev–Trinajstić information content (AvgIpc) is 3.15. The molecule has 2 N–H and O–H groups in total. The number of aryl methyl sites for hydroxylation is 3. The SMILES string of the molecule is CN=C(NCc1c(C)noc1C)NCc1c(C)nn(-c2ccccc2)c1C.I. The molecule has 0 amide bonds. The molecule has 28 heavy (non-hydrogen) atoms. The van der Waals surface area contributed by atoms with Gasteiger partial charge < -0.3 is 15.2 Å². The highest BCUT2D eigenvalue weighted by molar-refractivity contribution is 14.0. The van der Waals surface area contributed by atoms with E-state index < -0.39 is 0 Å². The van der Waals surface area contributed by atoms with Gasteiger partial charge in [-0.05, 0) is 39.8 Å². The Morgan fingerprint density at radius 2 is 1.64 bits per heavy atom. The molecule has 0 fully saturated rings. The zero-order valence-corrected chi connectivity index (χ0v) is 19.2. The fraction of sp³-hybridized carbons (Fsp3) is 0.350. The van der Waals surface area contributed by atoms with Crippen molar-refractivity contribution in [2.24, 2.45) is 4.99 Å². The van der Waals surface area contributed by atoms with Crippen LogP contribution in [0.3, 0.4) is 0 Å². The Labute approximate surface area is 182 Å². The lowest BCUT2D eigenvalue weighted by Crippen LogP contribution is -2.36. The first-order valence-electron chi connectivity index (χ1n) is 8.98. The molecule has 0 aliphatic rings. The third-order valence-corrected chi connectivity index (χ3v) is 4.71. The first-order chi connectivity index (χ1) is 13.0. The van der Waals surface area contributed by atoms with E-state index in [0.717, 1.165) is 40.1 Å². The molecular formula is C20H27IN6O. The third-order valence-electron chi connectivity index (χ3n) is 4.71. The van der Waals surface area contributed by atoms with E-state index in [1.165, 1.54) is 5.56 Å². The van der Waals surface area contributed by atoms with Crippen molar-refractivity contribution >= 4 is 29.9 Å². The van der Waals surface area contributed by atoms with Crippen LogP contribution in [0.2, 0.25) is 0 Å². The van der Waals surface area contributed by atoms with Crippen LogP contribution in [0, 0.1) is 27.7 Å². The van der Waals surface area contributed by atoms with Crippen molar-refractivity contribution in [3.8, 4) is 5.69 Å². The molecule has 1 aromatic carbocycles. The molecule has 150 valence electrons. The number of halogens is 1. The summed E-state index contributed by atoms with van der Waals surface area (Å²) in [6, 6.07) is 10.2. The summed E-state index contributed by atoms with van der Waals surface area (Å²) in [5, 5.41) is 15.4. The minimum atomic E-state index is 0. The molecule has 0 radical (unpaired) electrons. The zero-order chi connectivity index (χ0) is 19.4. The van der Waals surface area contributed by atoms with Gasteiger partial charge in [0.25, 0.3) is 0 Å². The number of nitrogens with zero attached hydrogens (tertiary/aromatic N) is 4. The van der Waals surface area contributed by atoms with Gasteiger partial charge in [0.15, 0.2) is 5.96 Å². The highest BCUT2D eigenvalue weighted by Gasteiger charge is 2.14. The van der Waals surface area contributed by atoms with E-state index in [9.17, 15) is 0 Å². The molecule has 0 atom stereocenters. The van der Waals surface area contributed by atoms with Gasteiger partial charge in [-0.1, -0.05) is 23.4 Å². The van der Waals surface area contributed by atoms with Gasteiger partial charge >= 0.3 is 0 Å². The van der Waals surface area contributed by atoms with E-state index in [-0.39, 0.29) is 24.0 Å². The van der Waals surface area contributed by atoms with Crippen LogP contribution in [0.1, 0.15) is 34.0 Å². The minimum absolute atomic E-state index is 0. The number of aromatic nitrogens is 3. The predicted octanol–water partition coefficient (Wildman–Crippen LogP) is 3.58. The summed E-state index contributed by atoms with van der Waals surface area (Å²) in [6.45, 7) is 9.23. The minimum Gasteiger partial charge on any atom is -0.361 e. The number of hydrogen-bond donors (Lipinski definition) is 2. The smallest absolute Gasteiger partial charge is 0.191 e. The molecule has 2 aromatic heterocycles. The van der Waals surface area contributed by atoms with E-state index in [0.29, 0.717) is 13.1 Å². The molecule has 8 heteroatoms. The fourth-order valence-corrected chi connectivity index (χ4v) is 3.07. The van der Waals surface area contributed by atoms with E-state index in [2.05, 4.69) is 44.9 Å². The summed E-state index contributed by atoms with van der Waals surface area (Å²) in [5.74, 6) is 1.55. The Bertz CT molecular complexity index is 926. The van der Waals surface area contributed by atoms with E-state index in [1.807, 2.05) is 43.7 Å². The number of hydrogen-bond acceptors (Lipinski definition) is 4.